The summed E-state index contributed by atoms with van der Waals surface area (Å²) in [6, 6.07) is 60.4. The average Bonchev–Trinajstić information content (AvgIpc) is 1.67. The molecule has 16 heterocycles. The Balaban J connectivity index is 0.000000117. The van der Waals surface area contributed by atoms with Crippen molar-refractivity contribution in [1.29, 1.82) is 0 Å². The molecule has 16 aromatic heterocycles. The predicted octanol–water partition coefficient (Wildman–Crippen LogP) is 16.3. The number of anilines is 3. The summed E-state index contributed by atoms with van der Waals surface area (Å²) in [5, 5.41) is 46.5. The Morgan fingerprint density at radius 1 is 0.382 bits per heavy atom. The molecular weight excluding hydrogens is 1990 g/mol. The number of rotatable bonds is 19. The van der Waals surface area contributed by atoms with Gasteiger partial charge in [-0.25, -0.2) is 78.5 Å². The second kappa shape index (κ2) is 44.4. The fraction of sp³-hybridized carbons (Fsp3) is 0.128. The number of benzene rings is 6. The lowest BCUT2D eigenvalue weighted by atomic mass is 10.1. The van der Waals surface area contributed by atoms with Crippen molar-refractivity contribution >= 4 is 209 Å². The maximum absolute atomic E-state index is 11.5. The number of hydrogen-bond donors (Lipinski definition) is 4. The van der Waals surface area contributed by atoms with E-state index >= 15 is 0 Å². The zero-order valence-corrected chi connectivity index (χ0v) is 79.3. The number of nitrogens with zero attached hydrogens (tertiary/aromatic N) is 31. The van der Waals surface area contributed by atoms with Crippen LogP contribution >= 0.6 is 63.7 Å². The van der Waals surface area contributed by atoms with Gasteiger partial charge in [-0.1, -0.05) is 105 Å². The van der Waals surface area contributed by atoms with Gasteiger partial charge < -0.3 is 32.1 Å². The topological polar surface area (TPSA) is 493 Å². The highest BCUT2D eigenvalue weighted by Gasteiger charge is 2.18. The average molecular weight is 2070 g/mol. The van der Waals surface area contributed by atoms with Crippen LogP contribution in [0.1, 0.15) is 83.0 Å². The van der Waals surface area contributed by atoms with Crippen LogP contribution in [0.2, 0.25) is 0 Å². The van der Waals surface area contributed by atoms with Gasteiger partial charge >= 0.3 is 0 Å². The summed E-state index contributed by atoms with van der Waals surface area (Å²) in [5.41, 5.74) is 35.6. The number of Topliss-reactive ketones (excluding diaryl/α,β-unsaturated/α-hetero) is 1. The SMILES string of the molecule is Brc1cnc2nnn(Cc3ccc4ncccc4c3)c2n1.C=C(OCC)c1cnc2nnn(Cc3ccc4ncccc4c3)c2n1.CC(=O)c1cnc2nnn(Cc3ccc4ncccc4c3)c2n1.CCO/N=C(\C)c1cnc2nnn(Cc3ccc4ncccc4c3)c2n1.NCc1ccc2ncccc2c1.Nc1ncc(Br)nc1Br.Nc1ncc(Br)nc1NCc1ccc2ncccc2c1. The molecule has 0 aliphatic heterocycles. The minimum absolute atomic E-state index is 0.135. The van der Waals surface area contributed by atoms with Gasteiger partial charge in [-0.15, -0.1) is 20.4 Å². The molecule has 676 valence electrons. The van der Waals surface area contributed by atoms with Gasteiger partial charge in [0, 0.05) is 89.5 Å². The molecule has 6 aromatic carbocycles. The van der Waals surface area contributed by atoms with Crippen LogP contribution in [0.3, 0.4) is 0 Å². The van der Waals surface area contributed by atoms with Crippen molar-refractivity contribution in [2.24, 2.45) is 10.9 Å². The molecule has 22 rings (SSSR count). The Morgan fingerprint density at radius 2 is 0.713 bits per heavy atom. The van der Waals surface area contributed by atoms with E-state index < -0.39 is 0 Å². The monoisotopic (exact) mass is 2060 g/mol. The number of ketones is 1. The summed E-state index contributed by atoms with van der Waals surface area (Å²) in [6.45, 7) is 15.4. The minimum atomic E-state index is -0.135. The van der Waals surface area contributed by atoms with Crippen LogP contribution < -0.4 is 22.5 Å². The molecular formula is C94H79Br4N35O3. The van der Waals surface area contributed by atoms with E-state index in [0.717, 1.165) is 98.8 Å². The fourth-order valence-electron chi connectivity index (χ4n) is 13.5. The Hall–Kier alpha value is -16.2. The largest absolute Gasteiger partial charge is 0.492 e. The van der Waals surface area contributed by atoms with Crippen LogP contribution in [-0.4, -0.2) is 174 Å². The molecule has 0 unspecified atom stereocenters. The number of nitrogen functional groups attached to an aromatic ring is 2. The second-order valence-electron chi connectivity index (χ2n) is 29.6. The number of fused-ring (bicyclic) bond motifs is 10. The summed E-state index contributed by atoms with van der Waals surface area (Å²) in [7, 11) is 0. The Morgan fingerprint density at radius 3 is 1.10 bits per heavy atom. The van der Waals surface area contributed by atoms with Crippen molar-refractivity contribution in [3.8, 4) is 0 Å². The van der Waals surface area contributed by atoms with E-state index in [1.165, 1.54) is 13.1 Å². The summed E-state index contributed by atoms with van der Waals surface area (Å²) in [4.78, 5) is 93.1. The van der Waals surface area contributed by atoms with E-state index in [9.17, 15) is 4.79 Å². The lowest BCUT2D eigenvalue weighted by Crippen LogP contribution is -2.06. The number of aromatic nitrogens is 30. The molecule has 0 atom stereocenters. The van der Waals surface area contributed by atoms with Crippen molar-refractivity contribution in [3.63, 3.8) is 0 Å². The molecule has 0 amide bonds. The number of carbonyl (C=O) groups excluding carboxylic acids is 1. The zero-order valence-electron chi connectivity index (χ0n) is 72.9. The van der Waals surface area contributed by atoms with Gasteiger partial charge in [0.05, 0.1) is 103 Å². The van der Waals surface area contributed by atoms with Gasteiger partial charge in [0.2, 0.25) is 22.6 Å². The first-order valence-corrected chi connectivity index (χ1v) is 45.1. The lowest BCUT2D eigenvalue weighted by Gasteiger charge is -2.08. The van der Waals surface area contributed by atoms with Crippen molar-refractivity contribution in [3.05, 3.63) is 332 Å². The third kappa shape index (κ3) is 23.8. The molecule has 0 fully saturated rings. The number of carbonyl (C=O) groups is 1. The first-order valence-electron chi connectivity index (χ1n) is 41.9. The van der Waals surface area contributed by atoms with Crippen LogP contribution in [-0.2, 0) is 48.8 Å². The Bertz CT molecular complexity index is 8090. The van der Waals surface area contributed by atoms with Gasteiger partial charge in [-0.05, 0) is 227 Å². The van der Waals surface area contributed by atoms with Gasteiger partial charge in [0.25, 0.3) is 0 Å². The molecule has 22 aromatic rings. The zero-order chi connectivity index (χ0) is 94.4. The molecule has 0 aliphatic carbocycles. The molecule has 136 heavy (non-hydrogen) atoms. The standard InChI is InChI=1S/C18H17N7O.C18H16N6O.C16H12N6O.C14H9BrN6.C14H12BrN5.C10H10N2.C4H3Br2N3/c1-3-26-23-12(2)16-10-20-17-18(21-16)25(24-22-17)11-13-6-7-15-14(9-13)5-4-8-19-15;1-3-25-12(2)16-10-20-17-18(21-16)24(23-22-17)11-13-6-7-15-14(9-13)5-4-8-19-15;1-10(23)14-8-18-15-16(19-14)22(21-20-15)9-11-4-5-13-12(7-11)3-2-6-17-13;15-12-7-17-13-14(18-12)21(20-19-13)8-9-3-4-11-10(6-9)2-1-5-16-11;15-12-8-18-13(16)14(20-12)19-7-9-3-4-11-10(6-9)2-1-5-17-11;11-7-8-3-4-10-9(6-8)2-1-5-12-10;5-2-1-8-4(7)3(6)9-2/h4-10H,3,11H2,1-2H3;4-10H,2-3,11H2,1H3;2-8H,9H2,1H3;1-7H,8H2;1-6,8H,7H2,(H2,16,18)(H,19,20);1-6H,7,11H2;1H,(H2,7,8)/b23-12+;;;;;;. The van der Waals surface area contributed by atoms with E-state index in [2.05, 4.69) is 248 Å². The number of halogens is 4. The van der Waals surface area contributed by atoms with Gasteiger partial charge in [-0.3, -0.25) is 34.7 Å². The van der Waals surface area contributed by atoms with Crippen LogP contribution in [0.15, 0.2) is 287 Å². The number of hydrogen-bond acceptors (Lipinski definition) is 34. The van der Waals surface area contributed by atoms with E-state index in [1.54, 1.807) is 86.9 Å². The highest BCUT2D eigenvalue weighted by Crippen LogP contribution is 2.26. The van der Waals surface area contributed by atoms with E-state index in [1.807, 2.05) is 166 Å². The lowest BCUT2D eigenvalue weighted by molar-refractivity contribution is 0.101. The molecule has 38 nitrogen and oxygen atoms in total. The van der Waals surface area contributed by atoms with Crippen LogP contribution in [0.5, 0.6) is 0 Å². The third-order valence-corrected chi connectivity index (χ3v) is 21.8. The maximum atomic E-state index is 11.5. The number of pyridine rings is 6. The second-order valence-corrected chi connectivity index (χ2v) is 32.8. The van der Waals surface area contributed by atoms with Gasteiger partial charge in [0.15, 0.2) is 45.8 Å². The summed E-state index contributed by atoms with van der Waals surface area (Å²) >= 11 is 12.9. The highest BCUT2D eigenvalue weighted by atomic mass is 79.9. The van der Waals surface area contributed by atoms with Crippen molar-refractivity contribution in [1.82, 2.24) is 150 Å². The smallest absolute Gasteiger partial charge is 0.221 e. The third-order valence-electron chi connectivity index (χ3n) is 20.1. The fourth-order valence-corrected chi connectivity index (χ4v) is 14.8. The van der Waals surface area contributed by atoms with Crippen LogP contribution in [0, 0.1) is 0 Å². The number of nitrogens with two attached hydrogens (primary N) is 3. The van der Waals surface area contributed by atoms with E-state index in [4.69, 9.17) is 26.8 Å². The Labute approximate surface area is 806 Å². The van der Waals surface area contributed by atoms with Crippen LogP contribution in [0.25, 0.3) is 116 Å². The Kier molecular flexibility index (Phi) is 30.4. The predicted molar refractivity (Wildman–Crippen MR) is 533 cm³/mol. The molecule has 7 N–H and O–H groups in total. The molecule has 0 saturated heterocycles. The van der Waals surface area contributed by atoms with Gasteiger partial charge in [-0.2, -0.15) is 0 Å². The molecule has 0 radical (unpaired) electrons. The van der Waals surface area contributed by atoms with Crippen molar-refractivity contribution in [2.45, 2.75) is 67.0 Å². The number of ether oxygens (including phenoxy) is 1. The summed E-state index contributed by atoms with van der Waals surface area (Å²) in [5.74, 6) is 1.71. The molecule has 0 saturated carbocycles. The van der Waals surface area contributed by atoms with E-state index in [-0.39, 0.29) is 5.78 Å². The minimum Gasteiger partial charge on any atom is -0.492 e. The maximum Gasteiger partial charge on any atom is 0.221 e. The quantitative estimate of drug-likeness (QED) is 0.0253. The normalized spacial score (nSPS) is 11.1. The molecule has 0 bridgehead atoms. The first kappa shape index (κ1) is 93.1. The van der Waals surface area contributed by atoms with Gasteiger partial charge in [0.1, 0.15) is 53.6 Å². The van der Waals surface area contributed by atoms with E-state index in [0.29, 0.717) is 162 Å². The summed E-state index contributed by atoms with van der Waals surface area (Å²) < 4.78 is 14.8. The molecule has 0 aliphatic rings. The van der Waals surface area contributed by atoms with Crippen molar-refractivity contribution < 1.29 is 14.4 Å². The molecule has 0 spiro atoms. The highest BCUT2D eigenvalue weighted by molar-refractivity contribution is 9.11. The number of oxime groups is 1. The molecule has 42 heteroatoms. The van der Waals surface area contributed by atoms with Crippen LogP contribution in [0.4, 0.5) is 17.5 Å². The van der Waals surface area contributed by atoms with Crippen molar-refractivity contribution in [2.75, 3.05) is 30.0 Å². The summed E-state index contributed by atoms with van der Waals surface area (Å²) in [6.07, 6.45) is 20.1. The number of nitrogens with one attached hydrogen (secondary N) is 1. The first-order chi connectivity index (χ1) is 66.3.